The Labute approximate surface area is 102 Å². The van der Waals surface area contributed by atoms with Crippen molar-refractivity contribution in [1.29, 1.82) is 0 Å². The number of nitrogens with zero attached hydrogens (tertiary/aromatic N) is 5. The van der Waals surface area contributed by atoms with Gasteiger partial charge >= 0.3 is 0 Å². The molecular formula is C10H11N7O. The highest BCUT2D eigenvalue weighted by Crippen LogP contribution is 2.24. The minimum Gasteiger partial charge on any atom is -0.432 e. The molecule has 0 spiro atoms. The van der Waals surface area contributed by atoms with Gasteiger partial charge in [-0.3, -0.25) is 9.08 Å². The van der Waals surface area contributed by atoms with Gasteiger partial charge in [-0.25, -0.2) is 10.8 Å². The Hall–Kier alpha value is -2.61. The van der Waals surface area contributed by atoms with E-state index in [0.29, 0.717) is 23.1 Å². The molecule has 3 aromatic heterocycles. The molecule has 0 aromatic carbocycles. The molecule has 0 fully saturated rings. The van der Waals surface area contributed by atoms with Crippen LogP contribution in [0.2, 0.25) is 0 Å². The van der Waals surface area contributed by atoms with Crippen molar-refractivity contribution >= 4 is 11.5 Å². The largest absolute Gasteiger partial charge is 0.432 e. The van der Waals surface area contributed by atoms with Crippen LogP contribution in [0.4, 0.5) is 5.82 Å². The van der Waals surface area contributed by atoms with Crippen LogP contribution in [-0.4, -0.2) is 24.1 Å². The van der Waals surface area contributed by atoms with Gasteiger partial charge in [0.25, 0.3) is 5.88 Å². The van der Waals surface area contributed by atoms with Crippen LogP contribution in [0.1, 0.15) is 0 Å². The molecule has 0 aliphatic heterocycles. The van der Waals surface area contributed by atoms with Gasteiger partial charge < -0.3 is 10.2 Å². The van der Waals surface area contributed by atoms with Gasteiger partial charge in [-0.1, -0.05) is 0 Å². The number of fused-ring (bicyclic) bond motifs is 1. The minimum absolute atomic E-state index is 0.364. The second-order valence-electron chi connectivity index (χ2n) is 3.69. The number of rotatable bonds is 3. The van der Waals surface area contributed by atoms with Gasteiger partial charge in [0.05, 0.1) is 18.6 Å². The smallest absolute Gasteiger partial charge is 0.266 e. The van der Waals surface area contributed by atoms with E-state index >= 15 is 0 Å². The quantitative estimate of drug-likeness (QED) is 0.516. The van der Waals surface area contributed by atoms with Crippen LogP contribution >= 0.6 is 0 Å². The normalized spacial score (nSPS) is 10.8. The second-order valence-corrected chi connectivity index (χ2v) is 3.69. The summed E-state index contributed by atoms with van der Waals surface area (Å²) in [4.78, 5) is 8.39. The van der Waals surface area contributed by atoms with E-state index in [9.17, 15) is 0 Å². The molecule has 18 heavy (non-hydrogen) atoms. The predicted octanol–water partition coefficient (Wildman–Crippen LogP) is 0.541. The Kier molecular flexibility index (Phi) is 2.34. The van der Waals surface area contributed by atoms with E-state index in [1.165, 1.54) is 0 Å². The monoisotopic (exact) mass is 245 g/mol. The molecule has 92 valence electrons. The van der Waals surface area contributed by atoms with Gasteiger partial charge in [0.2, 0.25) is 5.65 Å². The molecule has 0 saturated carbocycles. The number of anilines is 1. The molecule has 8 nitrogen and oxygen atoms in total. The van der Waals surface area contributed by atoms with Crippen molar-refractivity contribution in [3.8, 4) is 11.6 Å². The first-order valence-electron chi connectivity index (χ1n) is 5.23. The summed E-state index contributed by atoms with van der Waals surface area (Å²) in [5.74, 6) is 6.79. The van der Waals surface area contributed by atoms with Gasteiger partial charge in [0.1, 0.15) is 0 Å². The number of ether oxygens (including phenoxy) is 1. The molecule has 3 aromatic rings. The first kappa shape index (κ1) is 10.5. The number of nitrogens with two attached hydrogens (primary N) is 1. The van der Waals surface area contributed by atoms with Crippen LogP contribution in [0.25, 0.3) is 5.65 Å². The van der Waals surface area contributed by atoms with E-state index in [-0.39, 0.29) is 0 Å². The second kappa shape index (κ2) is 4.00. The summed E-state index contributed by atoms with van der Waals surface area (Å²) in [5, 5.41) is 4.02. The minimum atomic E-state index is 0.364. The first-order chi connectivity index (χ1) is 8.76. The molecule has 3 heterocycles. The van der Waals surface area contributed by atoms with E-state index in [1.54, 1.807) is 40.1 Å². The zero-order valence-electron chi connectivity index (χ0n) is 9.61. The fourth-order valence-corrected chi connectivity index (χ4v) is 1.60. The van der Waals surface area contributed by atoms with E-state index in [2.05, 4.69) is 20.5 Å². The molecular weight excluding hydrogens is 234 g/mol. The summed E-state index contributed by atoms with van der Waals surface area (Å²) in [7, 11) is 1.81. The maximum absolute atomic E-state index is 5.64. The molecule has 0 amide bonds. The van der Waals surface area contributed by atoms with Gasteiger partial charge in [0.15, 0.2) is 11.6 Å². The van der Waals surface area contributed by atoms with Crippen molar-refractivity contribution in [2.24, 2.45) is 12.9 Å². The van der Waals surface area contributed by atoms with Crippen LogP contribution in [0.5, 0.6) is 11.6 Å². The lowest BCUT2D eigenvalue weighted by Gasteiger charge is -2.06. The molecule has 0 radical (unpaired) electrons. The van der Waals surface area contributed by atoms with E-state index in [0.717, 1.165) is 0 Å². The zero-order valence-corrected chi connectivity index (χ0v) is 9.61. The number of hydrogen-bond acceptors (Lipinski definition) is 6. The maximum atomic E-state index is 5.64. The lowest BCUT2D eigenvalue weighted by molar-refractivity contribution is 0.465. The number of hydrazine groups is 1. The van der Waals surface area contributed by atoms with Crippen LogP contribution in [0.3, 0.4) is 0 Å². The van der Waals surface area contributed by atoms with E-state index < -0.39 is 0 Å². The van der Waals surface area contributed by atoms with Crippen molar-refractivity contribution in [2.75, 3.05) is 5.43 Å². The maximum Gasteiger partial charge on any atom is 0.266 e. The summed E-state index contributed by atoms with van der Waals surface area (Å²) in [5.41, 5.74) is 3.09. The van der Waals surface area contributed by atoms with Crippen molar-refractivity contribution in [2.45, 2.75) is 0 Å². The van der Waals surface area contributed by atoms with Crippen LogP contribution in [-0.2, 0) is 7.05 Å². The Bertz CT molecular complexity index is 686. The summed E-state index contributed by atoms with van der Waals surface area (Å²) in [6.45, 7) is 0. The summed E-state index contributed by atoms with van der Waals surface area (Å²) < 4.78 is 9.05. The lowest BCUT2D eigenvalue weighted by atomic mass is 10.6. The molecule has 0 unspecified atom stereocenters. The van der Waals surface area contributed by atoms with Crippen molar-refractivity contribution < 1.29 is 4.74 Å². The summed E-state index contributed by atoms with van der Waals surface area (Å²) in [6, 6.07) is 0. The Balaban J connectivity index is 2.06. The topological polar surface area (TPSA) is 95.3 Å². The third kappa shape index (κ3) is 1.74. The lowest BCUT2D eigenvalue weighted by Crippen LogP contribution is -2.10. The average Bonchev–Trinajstić information content (AvgIpc) is 2.98. The highest BCUT2D eigenvalue weighted by molar-refractivity contribution is 5.54. The Morgan fingerprint density at radius 3 is 3.00 bits per heavy atom. The van der Waals surface area contributed by atoms with E-state index in [1.807, 2.05) is 7.05 Å². The molecule has 0 atom stereocenters. The third-order valence-electron chi connectivity index (χ3n) is 2.39. The number of aromatic nitrogens is 5. The number of nitrogens with one attached hydrogen (secondary N) is 1. The molecule has 0 aliphatic carbocycles. The number of hydrogen-bond donors (Lipinski definition) is 2. The zero-order chi connectivity index (χ0) is 12.5. The molecule has 3 rings (SSSR count). The summed E-state index contributed by atoms with van der Waals surface area (Å²) >= 11 is 0. The van der Waals surface area contributed by atoms with Crippen molar-refractivity contribution in [1.82, 2.24) is 24.1 Å². The Morgan fingerprint density at radius 1 is 1.39 bits per heavy atom. The van der Waals surface area contributed by atoms with E-state index in [4.69, 9.17) is 10.6 Å². The van der Waals surface area contributed by atoms with Crippen LogP contribution in [0, 0.1) is 0 Å². The van der Waals surface area contributed by atoms with Gasteiger partial charge in [-0.15, -0.1) is 0 Å². The van der Waals surface area contributed by atoms with Crippen molar-refractivity contribution in [3.63, 3.8) is 0 Å². The van der Waals surface area contributed by atoms with Gasteiger partial charge in [0, 0.05) is 19.4 Å². The third-order valence-corrected chi connectivity index (χ3v) is 2.39. The number of imidazole rings is 1. The highest BCUT2D eigenvalue weighted by atomic mass is 16.5. The fourth-order valence-electron chi connectivity index (χ4n) is 1.60. The molecule has 3 N–H and O–H groups in total. The highest BCUT2D eigenvalue weighted by Gasteiger charge is 2.10. The predicted molar refractivity (Wildman–Crippen MR) is 64.1 cm³/mol. The molecule has 0 bridgehead atoms. The number of nitrogen functional groups attached to an aromatic ring is 1. The fraction of sp³-hybridized carbons (Fsp3) is 0.100. The molecule has 0 saturated heterocycles. The summed E-state index contributed by atoms with van der Waals surface area (Å²) in [6.07, 6.45) is 8.51. The number of aryl methyl sites for hydroxylation is 1. The average molecular weight is 245 g/mol. The van der Waals surface area contributed by atoms with Gasteiger partial charge in [-0.2, -0.15) is 10.1 Å². The van der Waals surface area contributed by atoms with Gasteiger partial charge in [-0.05, 0) is 0 Å². The first-order valence-corrected chi connectivity index (χ1v) is 5.23. The standard InChI is InChI=1S/C10H11N7O/c1-16-5-7(4-13-16)18-10-9-12-2-3-17(9)6-8(14-10)15-11/h2-6,15H,11H2,1H3. The van der Waals surface area contributed by atoms with Crippen LogP contribution in [0.15, 0.2) is 31.0 Å². The SMILES string of the molecule is Cn1cc(Oc2nc(NN)cn3ccnc23)cn1. The van der Waals surface area contributed by atoms with Crippen molar-refractivity contribution in [3.05, 3.63) is 31.0 Å². The molecule has 8 heteroatoms. The molecule has 0 aliphatic rings. The van der Waals surface area contributed by atoms with Crippen LogP contribution < -0.4 is 16.0 Å². The Morgan fingerprint density at radius 2 is 2.28 bits per heavy atom.